The maximum absolute atomic E-state index is 4.82. The van der Waals surface area contributed by atoms with Gasteiger partial charge >= 0.3 is 0 Å². The molecule has 1 aromatic heterocycles. The Balaban J connectivity index is 0.00000338. The van der Waals surface area contributed by atoms with E-state index in [9.17, 15) is 0 Å². The summed E-state index contributed by atoms with van der Waals surface area (Å²) in [5.41, 5.74) is 1.12. The number of nitrogens with zero attached hydrogens (tertiary/aromatic N) is 4. The van der Waals surface area contributed by atoms with Crippen LogP contribution in [-0.4, -0.2) is 60.5 Å². The molecule has 5 nitrogen and oxygen atoms in total. The Bertz CT molecular complexity index is 538. The Morgan fingerprint density at radius 2 is 2.08 bits per heavy atom. The summed E-state index contributed by atoms with van der Waals surface area (Å²) in [4.78, 5) is 14.2. The van der Waals surface area contributed by atoms with Crippen molar-refractivity contribution in [2.45, 2.75) is 47.1 Å². The minimum atomic E-state index is 0. The maximum atomic E-state index is 4.82. The zero-order valence-corrected chi connectivity index (χ0v) is 20.1. The van der Waals surface area contributed by atoms with Crippen molar-refractivity contribution in [3.63, 3.8) is 0 Å². The van der Waals surface area contributed by atoms with E-state index in [1.807, 2.05) is 0 Å². The first-order chi connectivity index (χ1) is 12.0. The van der Waals surface area contributed by atoms with Gasteiger partial charge in [-0.05, 0) is 45.1 Å². The summed E-state index contributed by atoms with van der Waals surface area (Å²) >= 11 is 1.71. The van der Waals surface area contributed by atoms with Gasteiger partial charge in [-0.3, -0.25) is 4.99 Å². The van der Waals surface area contributed by atoms with Gasteiger partial charge in [-0.1, -0.05) is 13.8 Å². The standard InChI is InChI=1S/C19H35N5S.HI/c1-6-20-19(23(5)13-18-14-25-17(4)22-18)21-8-7-9-24-11-15(2)10-16(3)12-24;/h14-16H,6-13H2,1-5H3,(H,20,21);1H. The quantitative estimate of drug-likeness (QED) is 0.272. The molecular weight excluding hydrogens is 457 g/mol. The van der Waals surface area contributed by atoms with E-state index in [2.05, 4.69) is 60.2 Å². The van der Waals surface area contributed by atoms with E-state index >= 15 is 0 Å². The topological polar surface area (TPSA) is 43.8 Å². The van der Waals surface area contributed by atoms with Crippen molar-refractivity contribution in [1.82, 2.24) is 20.1 Å². The molecule has 1 fully saturated rings. The third-order valence-corrected chi connectivity index (χ3v) is 5.42. The number of aryl methyl sites for hydroxylation is 1. The molecule has 0 radical (unpaired) electrons. The van der Waals surface area contributed by atoms with Crippen LogP contribution in [0.4, 0.5) is 0 Å². The molecule has 0 amide bonds. The van der Waals surface area contributed by atoms with E-state index in [-0.39, 0.29) is 24.0 Å². The van der Waals surface area contributed by atoms with Gasteiger partial charge in [0.05, 0.1) is 17.2 Å². The van der Waals surface area contributed by atoms with Gasteiger partial charge in [-0.2, -0.15) is 0 Å². The van der Waals surface area contributed by atoms with E-state index in [0.717, 1.165) is 61.1 Å². The molecule has 2 rings (SSSR count). The van der Waals surface area contributed by atoms with Crippen LogP contribution in [0.2, 0.25) is 0 Å². The Morgan fingerprint density at radius 3 is 2.65 bits per heavy atom. The number of piperidine rings is 1. The minimum absolute atomic E-state index is 0. The average Bonchev–Trinajstić information content (AvgIpc) is 2.94. The van der Waals surface area contributed by atoms with E-state index in [4.69, 9.17) is 4.99 Å². The molecule has 7 heteroatoms. The number of aromatic nitrogens is 1. The van der Waals surface area contributed by atoms with Gasteiger partial charge in [0.25, 0.3) is 0 Å². The maximum Gasteiger partial charge on any atom is 0.194 e. The Labute approximate surface area is 180 Å². The molecule has 150 valence electrons. The number of rotatable bonds is 7. The number of likely N-dealkylation sites (tertiary alicyclic amines) is 1. The fourth-order valence-corrected chi connectivity index (χ4v) is 4.33. The van der Waals surface area contributed by atoms with E-state index in [1.165, 1.54) is 19.5 Å². The van der Waals surface area contributed by atoms with Crippen molar-refractivity contribution in [1.29, 1.82) is 0 Å². The second kappa shape index (κ2) is 12.1. The molecule has 0 aromatic carbocycles. The highest BCUT2D eigenvalue weighted by Gasteiger charge is 2.21. The molecule has 1 aliphatic heterocycles. The SMILES string of the molecule is CCNC(=NCCCN1CC(C)CC(C)C1)N(C)Cc1csc(C)n1.I. The first-order valence-electron chi connectivity index (χ1n) is 9.60. The summed E-state index contributed by atoms with van der Waals surface area (Å²) in [6.45, 7) is 15.1. The van der Waals surface area contributed by atoms with E-state index in [1.54, 1.807) is 11.3 Å². The second-order valence-corrected chi connectivity index (χ2v) is 8.57. The Hall–Kier alpha value is -0.410. The van der Waals surface area contributed by atoms with Gasteiger partial charge in [-0.15, -0.1) is 35.3 Å². The first-order valence-corrected chi connectivity index (χ1v) is 10.5. The lowest BCUT2D eigenvalue weighted by atomic mass is 9.92. The van der Waals surface area contributed by atoms with Crippen LogP contribution in [0.15, 0.2) is 10.4 Å². The van der Waals surface area contributed by atoms with Crippen molar-refractivity contribution < 1.29 is 0 Å². The molecule has 26 heavy (non-hydrogen) atoms. The zero-order chi connectivity index (χ0) is 18.2. The largest absolute Gasteiger partial charge is 0.357 e. The predicted octanol–water partition coefficient (Wildman–Crippen LogP) is 3.83. The second-order valence-electron chi connectivity index (χ2n) is 7.51. The van der Waals surface area contributed by atoms with Crippen molar-refractivity contribution in [3.05, 3.63) is 16.1 Å². The van der Waals surface area contributed by atoms with Gasteiger partial charge in [0.15, 0.2) is 5.96 Å². The number of guanidine groups is 1. The number of halogens is 1. The fourth-order valence-electron chi connectivity index (χ4n) is 3.72. The number of aliphatic imine (C=N–C) groups is 1. The van der Waals surface area contributed by atoms with Gasteiger partial charge in [0, 0.05) is 38.6 Å². The molecular formula is C19H36IN5S. The molecule has 1 aliphatic rings. The summed E-state index contributed by atoms with van der Waals surface area (Å²) in [6.07, 6.45) is 2.50. The highest BCUT2D eigenvalue weighted by atomic mass is 127. The average molecular weight is 494 g/mol. The zero-order valence-electron chi connectivity index (χ0n) is 17.0. The van der Waals surface area contributed by atoms with Gasteiger partial charge in [0.1, 0.15) is 0 Å². The van der Waals surface area contributed by atoms with Crippen LogP contribution in [0.5, 0.6) is 0 Å². The first kappa shape index (κ1) is 23.6. The fraction of sp³-hybridized carbons (Fsp3) is 0.789. The highest BCUT2D eigenvalue weighted by molar-refractivity contribution is 14.0. The molecule has 2 atom stereocenters. The Kier molecular flexibility index (Phi) is 11.0. The molecule has 2 heterocycles. The number of thiazole rings is 1. The molecule has 0 spiro atoms. The predicted molar refractivity (Wildman–Crippen MR) is 124 cm³/mol. The summed E-state index contributed by atoms with van der Waals surface area (Å²) in [7, 11) is 2.09. The van der Waals surface area contributed by atoms with Crippen LogP contribution in [-0.2, 0) is 6.54 Å². The minimum Gasteiger partial charge on any atom is -0.357 e. The lowest BCUT2D eigenvalue weighted by Crippen LogP contribution is -2.40. The number of nitrogens with one attached hydrogen (secondary N) is 1. The van der Waals surface area contributed by atoms with Gasteiger partial charge in [0.2, 0.25) is 0 Å². The molecule has 1 N–H and O–H groups in total. The van der Waals surface area contributed by atoms with Gasteiger partial charge in [-0.25, -0.2) is 4.98 Å². The summed E-state index contributed by atoms with van der Waals surface area (Å²) < 4.78 is 0. The van der Waals surface area contributed by atoms with Crippen LogP contribution in [0.1, 0.15) is 44.3 Å². The number of hydrogen-bond donors (Lipinski definition) is 1. The van der Waals surface area contributed by atoms with Crippen LogP contribution < -0.4 is 5.32 Å². The third-order valence-electron chi connectivity index (χ3n) is 4.60. The Morgan fingerprint density at radius 1 is 1.38 bits per heavy atom. The van der Waals surface area contributed by atoms with Crippen molar-refractivity contribution >= 4 is 41.3 Å². The molecule has 2 unspecified atom stereocenters. The van der Waals surface area contributed by atoms with E-state index in [0.29, 0.717) is 0 Å². The van der Waals surface area contributed by atoms with Crippen molar-refractivity contribution in [2.75, 3.05) is 39.8 Å². The van der Waals surface area contributed by atoms with Crippen molar-refractivity contribution in [2.24, 2.45) is 16.8 Å². The molecule has 0 bridgehead atoms. The van der Waals surface area contributed by atoms with Crippen molar-refractivity contribution in [3.8, 4) is 0 Å². The molecule has 0 aliphatic carbocycles. The van der Waals surface area contributed by atoms with Crippen LogP contribution in [0.25, 0.3) is 0 Å². The third kappa shape index (κ3) is 8.08. The van der Waals surface area contributed by atoms with Gasteiger partial charge < -0.3 is 15.1 Å². The molecule has 1 saturated heterocycles. The number of hydrogen-bond acceptors (Lipinski definition) is 4. The monoisotopic (exact) mass is 493 g/mol. The van der Waals surface area contributed by atoms with Crippen LogP contribution >= 0.6 is 35.3 Å². The lowest BCUT2D eigenvalue weighted by molar-refractivity contribution is 0.140. The van der Waals surface area contributed by atoms with E-state index < -0.39 is 0 Å². The summed E-state index contributed by atoms with van der Waals surface area (Å²) in [5, 5.41) is 6.65. The smallest absolute Gasteiger partial charge is 0.194 e. The molecule has 1 aromatic rings. The summed E-state index contributed by atoms with van der Waals surface area (Å²) in [6, 6.07) is 0. The molecule has 0 saturated carbocycles. The van der Waals surface area contributed by atoms with Crippen LogP contribution in [0.3, 0.4) is 0 Å². The normalized spacial score (nSPS) is 21.3. The highest BCUT2D eigenvalue weighted by Crippen LogP contribution is 2.20. The lowest BCUT2D eigenvalue weighted by Gasteiger charge is -2.34. The van der Waals surface area contributed by atoms with Crippen LogP contribution in [0, 0.1) is 18.8 Å². The summed E-state index contributed by atoms with van der Waals surface area (Å²) in [5.74, 6) is 2.64.